The summed E-state index contributed by atoms with van der Waals surface area (Å²) in [6, 6.07) is 31.1. The van der Waals surface area contributed by atoms with Crippen molar-refractivity contribution < 1.29 is 4.79 Å². The number of rotatable bonds is 8. The third kappa shape index (κ3) is 5.96. The lowest BCUT2D eigenvalue weighted by Gasteiger charge is -2.35. The summed E-state index contributed by atoms with van der Waals surface area (Å²) in [7, 11) is 0. The second kappa shape index (κ2) is 10.8. The zero-order valence-electron chi connectivity index (χ0n) is 18.0. The highest BCUT2D eigenvalue weighted by Crippen LogP contribution is 2.28. The largest absolute Gasteiger partial charge is 0.384 e. The van der Waals surface area contributed by atoms with Crippen molar-refractivity contribution in [2.75, 3.05) is 44.6 Å². The second-order valence-corrected chi connectivity index (χ2v) is 8.09. The quantitative estimate of drug-likeness (QED) is 0.592. The third-order valence-electron chi connectivity index (χ3n) is 6.04. The van der Waals surface area contributed by atoms with Crippen molar-refractivity contribution >= 4 is 11.6 Å². The predicted octanol–water partition coefficient (Wildman–Crippen LogP) is 4.46. The smallest absolute Gasteiger partial charge is 0.223 e. The fourth-order valence-electron chi connectivity index (χ4n) is 4.24. The van der Waals surface area contributed by atoms with Crippen molar-refractivity contribution in [1.82, 2.24) is 9.80 Å². The maximum atomic E-state index is 13.2. The molecule has 1 N–H and O–H groups in total. The first kappa shape index (κ1) is 21.1. The van der Waals surface area contributed by atoms with Gasteiger partial charge in [-0.2, -0.15) is 0 Å². The predicted molar refractivity (Wildman–Crippen MR) is 127 cm³/mol. The van der Waals surface area contributed by atoms with Crippen LogP contribution in [-0.4, -0.2) is 55.0 Å². The fraction of sp³-hybridized carbons (Fsp3) is 0.296. The summed E-state index contributed by atoms with van der Waals surface area (Å²) in [4.78, 5) is 17.6. The average molecular weight is 414 g/mol. The summed E-state index contributed by atoms with van der Waals surface area (Å²) < 4.78 is 0. The van der Waals surface area contributed by atoms with E-state index in [1.807, 2.05) is 35.2 Å². The van der Waals surface area contributed by atoms with Crippen molar-refractivity contribution in [3.63, 3.8) is 0 Å². The van der Waals surface area contributed by atoms with Gasteiger partial charge >= 0.3 is 0 Å². The highest BCUT2D eigenvalue weighted by Gasteiger charge is 2.25. The van der Waals surface area contributed by atoms with Gasteiger partial charge in [-0.15, -0.1) is 0 Å². The zero-order chi connectivity index (χ0) is 21.3. The van der Waals surface area contributed by atoms with Crippen LogP contribution >= 0.6 is 0 Å². The van der Waals surface area contributed by atoms with Gasteiger partial charge in [-0.05, 0) is 23.3 Å². The normalized spacial score (nSPS) is 14.5. The Morgan fingerprint density at radius 1 is 0.742 bits per heavy atom. The van der Waals surface area contributed by atoms with Gasteiger partial charge in [0, 0.05) is 57.3 Å². The molecule has 0 aromatic heterocycles. The first-order valence-electron chi connectivity index (χ1n) is 11.2. The molecule has 3 aromatic carbocycles. The fourth-order valence-corrected chi connectivity index (χ4v) is 4.24. The molecule has 1 amide bonds. The molecule has 1 heterocycles. The Balaban J connectivity index is 1.29. The van der Waals surface area contributed by atoms with Crippen LogP contribution in [-0.2, 0) is 4.79 Å². The maximum Gasteiger partial charge on any atom is 0.223 e. The minimum Gasteiger partial charge on any atom is -0.384 e. The van der Waals surface area contributed by atoms with E-state index in [1.165, 1.54) is 11.1 Å². The van der Waals surface area contributed by atoms with Crippen LogP contribution < -0.4 is 5.32 Å². The molecule has 0 atom stereocenters. The van der Waals surface area contributed by atoms with Crippen molar-refractivity contribution in [3.8, 4) is 0 Å². The van der Waals surface area contributed by atoms with Crippen molar-refractivity contribution in [3.05, 3.63) is 102 Å². The number of amides is 1. The van der Waals surface area contributed by atoms with Crippen LogP contribution in [0.4, 0.5) is 5.69 Å². The Morgan fingerprint density at radius 2 is 1.26 bits per heavy atom. The van der Waals surface area contributed by atoms with E-state index in [0.29, 0.717) is 6.42 Å². The van der Waals surface area contributed by atoms with Crippen LogP contribution in [0.5, 0.6) is 0 Å². The highest BCUT2D eigenvalue weighted by molar-refractivity contribution is 5.78. The lowest BCUT2D eigenvalue weighted by molar-refractivity contribution is -0.133. The van der Waals surface area contributed by atoms with E-state index in [-0.39, 0.29) is 11.8 Å². The van der Waals surface area contributed by atoms with Gasteiger partial charge in [0.05, 0.1) is 0 Å². The average Bonchev–Trinajstić information content (AvgIpc) is 2.84. The number of hydrogen-bond acceptors (Lipinski definition) is 3. The molecule has 160 valence electrons. The van der Waals surface area contributed by atoms with E-state index in [9.17, 15) is 4.79 Å². The monoisotopic (exact) mass is 413 g/mol. The maximum absolute atomic E-state index is 13.2. The highest BCUT2D eigenvalue weighted by atomic mass is 16.2. The van der Waals surface area contributed by atoms with E-state index in [0.717, 1.165) is 45.0 Å². The lowest BCUT2D eigenvalue weighted by atomic mass is 9.88. The SMILES string of the molecule is O=C(CC(c1ccccc1)c1ccccc1)N1CCN(CCNc2ccccc2)CC1. The van der Waals surface area contributed by atoms with Crippen LogP contribution in [0.3, 0.4) is 0 Å². The van der Waals surface area contributed by atoms with Crippen LogP contribution in [0.2, 0.25) is 0 Å². The third-order valence-corrected chi connectivity index (χ3v) is 6.04. The number of carbonyl (C=O) groups excluding carboxylic acids is 1. The van der Waals surface area contributed by atoms with Gasteiger partial charge in [0.2, 0.25) is 5.91 Å². The summed E-state index contributed by atoms with van der Waals surface area (Å²) in [6.45, 7) is 5.39. The zero-order valence-corrected chi connectivity index (χ0v) is 18.0. The van der Waals surface area contributed by atoms with Gasteiger partial charge in [0.15, 0.2) is 0 Å². The molecule has 4 rings (SSSR count). The molecular formula is C27H31N3O. The van der Waals surface area contributed by atoms with E-state index >= 15 is 0 Å². The van der Waals surface area contributed by atoms with E-state index in [4.69, 9.17) is 0 Å². The molecule has 1 saturated heterocycles. The molecule has 4 nitrogen and oxygen atoms in total. The van der Waals surface area contributed by atoms with Crippen LogP contribution in [0, 0.1) is 0 Å². The number of nitrogens with one attached hydrogen (secondary N) is 1. The molecule has 0 saturated carbocycles. The first-order valence-corrected chi connectivity index (χ1v) is 11.2. The molecular weight excluding hydrogens is 382 g/mol. The molecule has 3 aromatic rings. The van der Waals surface area contributed by atoms with Gasteiger partial charge in [-0.3, -0.25) is 9.69 Å². The number of piperazine rings is 1. The standard InChI is InChI=1S/C27H31N3O/c31-27(22-26(23-10-4-1-5-11-23)24-12-6-2-7-13-24)30-20-18-29(19-21-30)17-16-28-25-14-8-3-9-15-25/h1-15,26,28H,16-22H2. The number of benzene rings is 3. The molecule has 0 aliphatic carbocycles. The second-order valence-electron chi connectivity index (χ2n) is 8.09. The Kier molecular flexibility index (Phi) is 7.35. The molecule has 0 bridgehead atoms. The molecule has 1 aliphatic rings. The summed E-state index contributed by atoms with van der Waals surface area (Å²) in [5, 5.41) is 3.47. The van der Waals surface area contributed by atoms with Gasteiger partial charge in [0.25, 0.3) is 0 Å². The van der Waals surface area contributed by atoms with Crippen molar-refractivity contribution in [2.24, 2.45) is 0 Å². The Bertz CT molecular complexity index is 883. The number of para-hydroxylation sites is 1. The van der Waals surface area contributed by atoms with Gasteiger partial charge in [-0.1, -0.05) is 78.9 Å². The minimum atomic E-state index is 0.100. The van der Waals surface area contributed by atoms with Crippen LogP contribution in [0.15, 0.2) is 91.0 Å². The van der Waals surface area contributed by atoms with Crippen molar-refractivity contribution in [2.45, 2.75) is 12.3 Å². The Labute approximate surface area is 185 Å². The number of nitrogens with zero attached hydrogens (tertiary/aromatic N) is 2. The molecule has 1 aliphatic heterocycles. The summed E-state index contributed by atoms with van der Waals surface area (Å²) in [6.07, 6.45) is 0.517. The number of carbonyl (C=O) groups is 1. The van der Waals surface area contributed by atoms with E-state index in [2.05, 4.69) is 70.9 Å². The Hall–Kier alpha value is -3.11. The molecule has 1 fully saturated rings. The molecule has 0 radical (unpaired) electrons. The summed E-state index contributed by atoms with van der Waals surface area (Å²) in [5.74, 6) is 0.350. The topological polar surface area (TPSA) is 35.6 Å². The van der Waals surface area contributed by atoms with Gasteiger partial charge in [0.1, 0.15) is 0 Å². The van der Waals surface area contributed by atoms with Crippen LogP contribution in [0.1, 0.15) is 23.5 Å². The van der Waals surface area contributed by atoms with Crippen LogP contribution in [0.25, 0.3) is 0 Å². The molecule has 0 spiro atoms. The van der Waals surface area contributed by atoms with E-state index < -0.39 is 0 Å². The minimum absolute atomic E-state index is 0.100. The molecule has 31 heavy (non-hydrogen) atoms. The lowest BCUT2D eigenvalue weighted by Crippen LogP contribution is -2.49. The van der Waals surface area contributed by atoms with E-state index in [1.54, 1.807) is 0 Å². The number of anilines is 1. The van der Waals surface area contributed by atoms with Gasteiger partial charge in [-0.25, -0.2) is 0 Å². The van der Waals surface area contributed by atoms with Crippen molar-refractivity contribution in [1.29, 1.82) is 0 Å². The summed E-state index contributed by atoms with van der Waals surface area (Å²) >= 11 is 0. The summed E-state index contributed by atoms with van der Waals surface area (Å²) in [5.41, 5.74) is 3.56. The number of hydrogen-bond donors (Lipinski definition) is 1. The molecule has 4 heteroatoms. The first-order chi connectivity index (χ1) is 15.3. The van der Waals surface area contributed by atoms with Gasteiger partial charge < -0.3 is 10.2 Å². The Morgan fingerprint density at radius 3 is 1.81 bits per heavy atom. The molecule has 0 unspecified atom stereocenters.